The van der Waals surface area contributed by atoms with E-state index in [0.717, 1.165) is 0 Å². The molecule has 0 aliphatic heterocycles. The Hall–Kier alpha value is -3.99. The van der Waals surface area contributed by atoms with Gasteiger partial charge in [0.25, 0.3) is 5.91 Å². The number of nitrogens with zero attached hydrogens (tertiary/aromatic N) is 1. The van der Waals surface area contributed by atoms with Crippen molar-refractivity contribution in [1.82, 2.24) is 4.90 Å². The lowest BCUT2D eigenvalue weighted by atomic mass is 9.55. The summed E-state index contributed by atoms with van der Waals surface area (Å²) in [6.07, 6.45) is -1.62. The first kappa shape index (κ1) is 25.7. The van der Waals surface area contributed by atoms with E-state index in [4.69, 9.17) is 5.73 Å². The monoisotopic (exact) mass is 520 g/mol. The summed E-state index contributed by atoms with van der Waals surface area (Å²) < 4.78 is 0. The van der Waals surface area contributed by atoms with Crippen molar-refractivity contribution in [1.29, 1.82) is 0 Å². The van der Waals surface area contributed by atoms with Crippen LogP contribution < -0.4 is 5.73 Å². The molecule has 0 aromatic heterocycles. The summed E-state index contributed by atoms with van der Waals surface area (Å²) in [5.74, 6) is -9.03. The van der Waals surface area contributed by atoms with Crippen LogP contribution in [-0.2, 0) is 9.59 Å². The molecule has 3 aliphatic rings. The first-order valence-corrected chi connectivity index (χ1v) is 12.1. The SMILES string of the molecule is CC1c2ccc(-c3ccccc3)c(O)c2C(=O)C2=C(O)C3(O)C(=O)C(C(N)=O)=C(O)C(N(C)C)C3C(O)C21. The van der Waals surface area contributed by atoms with Crippen LogP contribution in [0, 0.1) is 11.8 Å². The number of rotatable bonds is 3. The summed E-state index contributed by atoms with van der Waals surface area (Å²) in [5.41, 5.74) is 2.34. The maximum Gasteiger partial charge on any atom is 0.255 e. The van der Waals surface area contributed by atoms with Crippen molar-refractivity contribution in [3.05, 3.63) is 76.3 Å². The maximum absolute atomic E-state index is 13.9. The maximum atomic E-state index is 13.9. The number of aliphatic hydroxyl groups excluding tert-OH is 3. The second-order valence-corrected chi connectivity index (χ2v) is 10.3. The standard InChI is InChI=1S/C28H28N2O8/c1-11-13-9-10-14(12-7-5-4-6-8-12)21(31)16(13)22(32)17-15(11)23(33)19-20(30(2)3)24(34)18(27(29)37)26(36)28(19,38)25(17)35/h4-11,15,19-20,23,31,33-35,38H,1-3H3,(H2,29,37). The summed E-state index contributed by atoms with van der Waals surface area (Å²) in [5, 5.41) is 56.9. The van der Waals surface area contributed by atoms with Gasteiger partial charge in [0.1, 0.15) is 22.8 Å². The number of phenolic OH excluding ortho intramolecular Hbond substituents is 1. The van der Waals surface area contributed by atoms with Crippen molar-refractivity contribution in [3.8, 4) is 16.9 Å². The van der Waals surface area contributed by atoms with E-state index in [-0.39, 0.29) is 11.3 Å². The third-order valence-corrected chi connectivity index (χ3v) is 8.22. The first-order valence-electron chi connectivity index (χ1n) is 12.1. The van der Waals surface area contributed by atoms with Crippen LogP contribution in [0.1, 0.15) is 28.8 Å². The van der Waals surface area contributed by atoms with Crippen LogP contribution in [0.3, 0.4) is 0 Å². The minimum atomic E-state index is -2.93. The Labute approximate surface area is 217 Å². The van der Waals surface area contributed by atoms with E-state index in [0.29, 0.717) is 16.7 Å². The van der Waals surface area contributed by atoms with Crippen LogP contribution in [0.5, 0.6) is 5.75 Å². The zero-order valence-electron chi connectivity index (χ0n) is 20.9. The molecule has 0 heterocycles. The van der Waals surface area contributed by atoms with E-state index in [1.54, 1.807) is 49.4 Å². The Bertz CT molecular complexity index is 1460. The van der Waals surface area contributed by atoms with E-state index in [2.05, 4.69) is 0 Å². The van der Waals surface area contributed by atoms with Crippen LogP contribution >= 0.6 is 0 Å². The highest BCUT2D eigenvalue weighted by molar-refractivity contribution is 6.25. The van der Waals surface area contributed by atoms with Crippen molar-refractivity contribution in [2.24, 2.45) is 17.6 Å². The molecule has 0 radical (unpaired) electrons. The quantitative estimate of drug-likeness (QED) is 0.325. The molecule has 5 rings (SSSR count). The molecule has 2 aromatic rings. The summed E-state index contributed by atoms with van der Waals surface area (Å²) >= 11 is 0. The van der Waals surface area contributed by atoms with Gasteiger partial charge >= 0.3 is 0 Å². The molecular weight excluding hydrogens is 492 g/mol. The number of aliphatic hydroxyl groups is 4. The number of Topliss-reactive ketones (excluding diaryl/α,β-unsaturated/α-hetero) is 2. The number of ketones is 2. The normalized spacial score (nSPS) is 30.7. The minimum absolute atomic E-state index is 0.119. The fourth-order valence-corrected chi connectivity index (χ4v) is 6.47. The Kier molecular flexibility index (Phi) is 5.75. The van der Waals surface area contributed by atoms with Crippen LogP contribution in [0.25, 0.3) is 11.1 Å². The number of carbonyl (C=O) groups excluding carboxylic acids is 3. The highest BCUT2D eigenvalue weighted by Crippen LogP contribution is 2.56. The van der Waals surface area contributed by atoms with Crippen molar-refractivity contribution < 1.29 is 39.9 Å². The number of hydrogen-bond donors (Lipinski definition) is 6. The fraction of sp³-hybridized carbons (Fsp3) is 0.321. The molecule has 198 valence electrons. The first-order chi connectivity index (χ1) is 17.8. The van der Waals surface area contributed by atoms with Gasteiger partial charge in [-0.2, -0.15) is 0 Å². The molecule has 6 atom stereocenters. The number of phenols is 1. The van der Waals surface area contributed by atoms with Gasteiger partial charge in [-0.25, -0.2) is 0 Å². The summed E-state index contributed by atoms with van der Waals surface area (Å²) in [6, 6.07) is 10.9. The Morgan fingerprint density at radius 3 is 2.24 bits per heavy atom. The topological polar surface area (TPSA) is 182 Å². The number of nitrogens with two attached hydrogens (primary N) is 1. The highest BCUT2D eigenvalue weighted by atomic mass is 16.4. The van der Waals surface area contributed by atoms with E-state index in [1.165, 1.54) is 19.0 Å². The Morgan fingerprint density at radius 2 is 1.66 bits per heavy atom. The summed E-state index contributed by atoms with van der Waals surface area (Å²) in [4.78, 5) is 40.8. The zero-order valence-corrected chi connectivity index (χ0v) is 20.9. The number of benzene rings is 2. The van der Waals surface area contributed by atoms with Gasteiger partial charge in [-0.05, 0) is 31.1 Å². The Morgan fingerprint density at radius 1 is 1.03 bits per heavy atom. The third-order valence-electron chi connectivity index (χ3n) is 8.22. The molecule has 38 heavy (non-hydrogen) atoms. The number of fused-ring (bicyclic) bond motifs is 3. The van der Waals surface area contributed by atoms with Crippen LogP contribution in [0.15, 0.2) is 65.1 Å². The van der Waals surface area contributed by atoms with E-state index >= 15 is 0 Å². The van der Waals surface area contributed by atoms with Gasteiger partial charge in [-0.1, -0.05) is 49.4 Å². The molecule has 0 saturated carbocycles. The molecule has 7 N–H and O–H groups in total. The fourth-order valence-electron chi connectivity index (χ4n) is 6.47. The second-order valence-electron chi connectivity index (χ2n) is 10.3. The lowest BCUT2D eigenvalue weighted by molar-refractivity contribution is -0.162. The number of carbonyl (C=O) groups is 3. The van der Waals surface area contributed by atoms with Crippen molar-refractivity contribution in [2.75, 3.05) is 14.1 Å². The molecule has 0 bridgehead atoms. The van der Waals surface area contributed by atoms with Gasteiger partial charge in [0.05, 0.1) is 23.6 Å². The summed E-state index contributed by atoms with van der Waals surface area (Å²) in [6.45, 7) is 1.69. The van der Waals surface area contributed by atoms with E-state index in [9.17, 15) is 39.9 Å². The van der Waals surface area contributed by atoms with Crippen molar-refractivity contribution >= 4 is 17.5 Å². The molecule has 10 nitrogen and oxygen atoms in total. The van der Waals surface area contributed by atoms with Gasteiger partial charge < -0.3 is 31.3 Å². The predicted octanol–water partition coefficient (Wildman–Crippen LogP) is 1.32. The molecule has 0 spiro atoms. The van der Waals surface area contributed by atoms with E-state index < -0.39 is 75.6 Å². The van der Waals surface area contributed by atoms with Gasteiger partial charge in [0.2, 0.25) is 5.78 Å². The number of hydrogen-bond acceptors (Lipinski definition) is 9. The molecule has 1 amide bonds. The van der Waals surface area contributed by atoms with Gasteiger partial charge in [0, 0.05) is 17.1 Å². The molecule has 6 unspecified atom stereocenters. The average molecular weight is 521 g/mol. The molecule has 2 aromatic carbocycles. The second kappa shape index (κ2) is 8.52. The lowest BCUT2D eigenvalue weighted by Crippen LogP contribution is -2.68. The van der Waals surface area contributed by atoms with Crippen molar-refractivity contribution in [3.63, 3.8) is 0 Å². The van der Waals surface area contributed by atoms with Crippen LogP contribution in [-0.4, -0.2) is 79.7 Å². The minimum Gasteiger partial charge on any atom is -0.510 e. The highest BCUT2D eigenvalue weighted by Gasteiger charge is 2.67. The van der Waals surface area contributed by atoms with Crippen molar-refractivity contribution in [2.45, 2.75) is 30.6 Å². The average Bonchev–Trinajstić information content (AvgIpc) is 2.86. The summed E-state index contributed by atoms with van der Waals surface area (Å²) in [7, 11) is 2.99. The number of aromatic hydroxyl groups is 1. The smallest absolute Gasteiger partial charge is 0.255 e. The predicted molar refractivity (Wildman–Crippen MR) is 135 cm³/mol. The molecular formula is C28H28N2O8. The third kappa shape index (κ3) is 3.14. The zero-order chi connectivity index (χ0) is 27.8. The van der Waals surface area contributed by atoms with Gasteiger partial charge in [0.15, 0.2) is 11.4 Å². The largest absolute Gasteiger partial charge is 0.510 e. The van der Waals surface area contributed by atoms with Crippen LogP contribution in [0.2, 0.25) is 0 Å². The number of primary amides is 1. The van der Waals surface area contributed by atoms with Gasteiger partial charge in [-0.3, -0.25) is 19.3 Å². The number of likely N-dealkylation sites (N-methyl/N-ethyl adjacent to an activating group) is 1. The van der Waals surface area contributed by atoms with Crippen LogP contribution in [0.4, 0.5) is 0 Å². The number of amides is 1. The van der Waals surface area contributed by atoms with E-state index in [1.807, 2.05) is 0 Å². The molecule has 3 aliphatic carbocycles. The lowest BCUT2D eigenvalue weighted by Gasteiger charge is -2.53. The molecule has 0 fully saturated rings. The molecule has 0 saturated heterocycles. The van der Waals surface area contributed by atoms with Gasteiger partial charge in [-0.15, -0.1) is 0 Å². The molecule has 10 heteroatoms. The Balaban J connectivity index is 1.78.